The van der Waals surface area contributed by atoms with Crippen molar-refractivity contribution >= 4 is 17.4 Å². The zero-order valence-electron chi connectivity index (χ0n) is 13.2. The van der Waals surface area contributed by atoms with Crippen LogP contribution in [-0.2, 0) is 4.79 Å². The van der Waals surface area contributed by atoms with Gasteiger partial charge >= 0.3 is 0 Å². The summed E-state index contributed by atoms with van der Waals surface area (Å²) in [5, 5.41) is 2.32. The second-order valence-corrected chi connectivity index (χ2v) is 5.45. The van der Waals surface area contributed by atoms with E-state index in [1.165, 1.54) is 0 Å². The summed E-state index contributed by atoms with van der Waals surface area (Å²) in [4.78, 5) is 24.0. The molecule has 0 fully saturated rings. The van der Waals surface area contributed by atoms with Crippen molar-refractivity contribution in [1.82, 2.24) is 0 Å². The first-order valence-corrected chi connectivity index (χ1v) is 7.70. The number of hydrogen-bond donors (Lipinski definition) is 1. The van der Waals surface area contributed by atoms with Gasteiger partial charge in [0.1, 0.15) is 24.8 Å². The Hall–Kier alpha value is -2.96. The standard InChI is InChI=1S/C18H15F2NO4/c19-12-2-3-14(13(20)10-12)21-18(23)6-4-15(22)11-1-5-16-17(9-11)25-8-7-24-16/h1-3,5,9-10H,4,6-8H2,(H,21,23). The average molecular weight is 347 g/mol. The molecule has 1 aliphatic rings. The molecule has 0 aromatic heterocycles. The summed E-state index contributed by atoms with van der Waals surface area (Å²) < 4.78 is 37.1. The Morgan fingerprint density at radius 3 is 2.48 bits per heavy atom. The second-order valence-electron chi connectivity index (χ2n) is 5.45. The van der Waals surface area contributed by atoms with Crippen LogP contribution in [0.1, 0.15) is 23.2 Å². The molecule has 0 atom stereocenters. The molecule has 0 unspecified atom stereocenters. The zero-order valence-corrected chi connectivity index (χ0v) is 13.2. The van der Waals surface area contributed by atoms with Gasteiger partial charge in [0.25, 0.3) is 0 Å². The predicted octanol–water partition coefficient (Wildman–Crippen LogP) is 3.34. The number of anilines is 1. The van der Waals surface area contributed by atoms with Crippen molar-refractivity contribution < 1.29 is 27.8 Å². The van der Waals surface area contributed by atoms with Crippen molar-refractivity contribution in [3.8, 4) is 11.5 Å². The minimum atomic E-state index is -0.869. The Morgan fingerprint density at radius 2 is 1.72 bits per heavy atom. The van der Waals surface area contributed by atoms with Crippen molar-refractivity contribution in [3.63, 3.8) is 0 Å². The van der Waals surface area contributed by atoms with E-state index in [1.54, 1.807) is 18.2 Å². The highest BCUT2D eigenvalue weighted by molar-refractivity contribution is 6.00. The van der Waals surface area contributed by atoms with Gasteiger partial charge in [0.2, 0.25) is 5.91 Å². The van der Waals surface area contributed by atoms with E-state index >= 15 is 0 Å². The number of halogens is 2. The summed E-state index contributed by atoms with van der Waals surface area (Å²) in [7, 11) is 0. The molecule has 0 saturated carbocycles. The fourth-order valence-corrected chi connectivity index (χ4v) is 2.39. The number of hydrogen-bond acceptors (Lipinski definition) is 4. The highest BCUT2D eigenvalue weighted by Crippen LogP contribution is 2.31. The van der Waals surface area contributed by atoms with Crippen molar-refractivity contribution in [2.75, 3.05) is 18.5 Å². The Balaban J connectivity index is 1.57. The van der Waals surface area contributed by atoms with Crippen molar-refractivity contribution in [2.24, 2.45) is 0 Å². The van der Waals surface area contributed by atoms with Crippen molar-refractivity contribution in [1.29, 1.82) is 0 Å². The molecule has 0 aliphatic carbocycles. The van der Waals surface area contributed by atoms with Crippen LogP contribution in [0.2, 0.25) is 0 Å². The maximum atomic E-state index is 13.5. The first kappa shape index (κ1) is 16.9. The number of ketones is 1. The first-order valence-electron chi connectivity index (χ1n) is 7.70. The van der Waals surface area contributed by atoms with Crippen LogP contribution in [0.3, 0.4) is 0 Å². The molecular formula is C18H15F2NO4. The minimum absolute atomic E-state index is 0.0473. The largest absolute Gasteiger partial charge is 0.486 e. The lowest BCUT2D eigenvalue weighted by atomic mass is 10.1. The van der Waals surface area contributed by atoms with Gasteiger partial charge in [-0.1, -0.05) is 0 Å². The summed E-state index contributed by atoms with van der Waals surface area (Å²) in [6.07, 6.45) is -0.168. The lowest BCUT2D eigenvalue weighted by Crippen LogP contribution is -2.16. The van der Waals surface area contributed by atoms with E-state index in [9.17, 15) is 18.4 Å². The molecule has 1 heterocycles. The van der Waals surface area contributed by atoms with E-state index in [0.717, 1.165) is 12.1 Å². The van der Waals surface area contributed by atoms with E-state index in [2.05, 4.69) is 5.32 Å². The van der Waals surface area contributed by atoms with Gasteiger partial charge in [-0.05, 0) is 30.3 Å². The molecule has 1 N–H and O–H groups in total. The van der Waals surface area contributed by atoms with Gasteiger partial charge < -0.3 is 14.8 Å². The van der Waals surface area contributed by atoms with Gasteiger partial charge in [-0.25, -0.2) is 8.78 Å². The summed E-state index contributed by atoms with van der Waals surface area (Å²) in [6, 6.07) is 7.68. The van der Waals surface area contributed by atoms with Gasteiger partial charge in [0, 0.05) is 24.5 Å². The van der Waals surface area contributed by atoms with Crippen LogP contribution in [0.5, 0.6) is 11.5 Å². The molecule has 130 valence electrons. The Morgan fingerprint density at radius 1 is 0.960 bits per heavy atom. The smallest absolute Gasteiger partial charge is 0.224 e. The van der Waals surface area contributed by atoms with E-state index in [1.807, 2.05) is 0 Å². The third-order valence-corrected chi connectivity index (χ3v) is 3.65. The molecule has 0 spiro atoms. The third kappa shape index (κ3) is 4.12. The molecule has 25 heavy (non-hydrogen) atoms. The summed E-state index contributed by atoms with van der Waals surface area (Å²) in [5.41, 5.74) is 0.281. The van der Waals surface area contributed by atoms with E-state index in [0.29, 0.717) is 36.3 Å². The van der Waals surface area contributed by atoms with E-state index in [4.69, 9.17) is 9.47 Å². The zero-order chi connectivity index (χ0) is 17.8. The summed E-state index contributed by atoms with van der Waals surface area (Å²) in [5.74, 6) is -1.30. The van der Waals surface area contributed by atoms with Crippen LogP contribution in [0, 0.1) is 11.6 Å². The third-order valence-electron chi connectivity index (χ3n) is 3.65. The number of carbonyl (C=O) groups excluding carboxylic acids is 2. The maximum absolute atomic E-state index is 13.5. The Bertz CT molecular complexity index is 823. The molecule has 2 aromatic rings. The van der Waals surface area contributed by atoms with Crippen LogP contribution in [-0.4, -0.2) is 24.9 Å². The van der Waals surface area contributed by atoms with Crippen LogP contribution in [0.4, 0.5) is 14.5 Å². The van der Waals surface area contributed by atoms with E-state index < -0.39 is 17.5 Å². The maximum Gasteiger partial charge on any atom is 0.224 e. The normalized spacial score (nSPS) is 12.6. The van der Waals surface area contributed by atoms with Crippen LogP contribution >= 0.6 is 0 Å². The number of ether oxygens (including phenoxy) is 2. The topological polar surface area (TPSA) is 64.6 Å². The fraction of sp³-hybridized carbons (Fsp3) is 0.222. The van der Waals surface area contributed by atoms with Crippen LogP contribution < -0.4 is 14.8 Å². The molecule has 1 aliphatic heterocycles. The number of carbonyl (C=O) groups is 2. The number of nitrogens with one attached hydrogen (secondary N) is 1. The van der Waals surface area contributed by atoms with Gasteiger partial charge in [-0.3, -0.25) is 9.59 Å². The molecule has 0 saturated heterocycles. The Labute approximate surface area is 142 Å². The fourth-order valence-electron chi connectivity index (χ4n) is 2.39. The SMILES string of the molecule is O=C(CCC(=O)c1ccc2c(c1)OCCO2)Nc1ccc(F)cc1F. The number of benzene rings is 2. The monoisotopic (exact) mass is 347 g/mol. The second kappa shape index (κ2) is 7.29. The summed E-state index contributed by atoms with van der Waals surface area (Å²) in [6.45, 7) is 0.872. The molecule has 5 nitrogen and oxygen atoms in total. The van der Waals surface area contributed by atoms with Crippen LogP contribution in [0.25, 0.3) is 0 Å². The Kier molecular flexibility index (Phi) is 4.92. The molecule has 7 heteroatoms. The highest BCUT2D eigenvalue weighted by Gasteiger charge is 2.16. The van der Waals surface area contributed by atoms with Crippen molar-refractivity contribution in [3.05, 3.63) is 53.6 Å². The van der Waals surface area contributed by atoms with Gasteiger partial charge in [0.15, 0.2) is 17.3 Å². The summed E-state index contributed by atoms with van der Waals surface area (Å²) >= 11 is 0. The van der Waals surface area contributed by atoms with Crippen molar-refractivity contribution in [2.45, 2.75) is 12.8 Å². The number of Topliss-reactive ketones (excluding diaryl/α,β-unsaturated/α-hetero) is 1. The van der Waals surface area contributed by atoms with Gasteiger partial charge in [0.05, 0.1) is 5.69 Å². The van der Waals surface area contributed by atoms with Gasteiger partial charge in [-0.15, -0.1) is 0 Å². The quantitative estimate of drug-likeness (QED) is 0.843. The molecule has 0 radical (unpaired) electrons. The highest BCUT2D eigenvalue weighted by atomic mass is 19.1. The van der Waals surface area contributed by atoms with Gasteiger partial charge in [-0.2, -0.15) is 0 Å². The molecular weight excluding hydrogens is 332 g/mol. The average Bonchev–Trinajstić information content (AvgIpc) is 2.61. The van der Waals surface area contributed by atoms with E-state index in [-0.39, 0.29) is 24.3 Å². The predicted molar refractivity (Wildman–Crippen MR) is 86.0 cm³/mol. The lowest BCUT2D eigenvalue weighted by Gasteiger charge is -2.18. The minimum Gasteiger partial charge on any atom is -0.486 e. The number of rotatable bonds is 5. The molecule has 1 amide bonds. The molecule has 2 aromatic carbocycles. The number of amides is 1. The first-order chi connectivity index (χ1) is 12.0. The molecule has 0 bridgehead atoms. The lowest BCUT2D eigenvalue weighted by molar-refractivity contribution is -0.116. The van der Waals surface area contributed by atoms with Crippen LogP contribution in [0.15, 0.2) is 36.4 Å². The molecule has 3 rings (SSSR count). The number of fused-ring (bicyclic) bond motifs is 1.